The molecule has 1 aliphatic rings. The summed E-state index contributed by atoms with van der Waals surface area (Å²) in [6.45, 7) is 5.45. The maximum absolute atomic E-state index is 11.7. The molecule has 132 valence electrons. The number of carboxylic acids is 1. The van der Waals surface area contributed by atoms with Crippen molar-refractivity contribution in [2.45, 2.75) is 38.8 Å². The van der Waals surface area contributed by atoms with Crippen molar-refractivity contribution >= 4 is 5.97 Å². The van der Waals surface area contributed by atoms with Crippen molar-refractivity contribution in [3.8, 4) is 5.75 Å². The largest absolute Gasteiger partial charge is 0.494 e. The Bertz CT molecular complexity index is 709. The molecule has 0 radical (unpaired) electrons. The van der Waals surface area contributed by atoms with E-state index >= 15 is 0 Å². The number of ether oxygens (including phenoxy) is 1. The molecule has 0 amide bonds. The fourth-order valence-corrected chi connectivity index (χ4v) is 3.60. The molecule has 0 bridgehead atoms. The summed E-state index contributed by atoms with van der Waals surface area (Å²) in [5.41, 5.74) is 3.42. The number of likely N-dealkylation sites (tertiary alicyclic amines) is 1. The Morgan fingerprint density at radius 2 is 1.76 bits per heavy atom. The van der Waals surface area contributed by atoms with Gasteiger partial charge in [0.2, 0.25) is 0 Å². The predicted molar refractivity (Wildman–Crippen MR) is 98.0 cm³/mol. The molecule has 2 atom stereocenters. The van der Waals surface area contributed by atoms with Gasteiger partial charge in [-0.15, -0.1) is 0 Å². The Morgan fingerprint density at radius 1 is 1.16 bits per heavy atom. The van der Waals surface area contributed by atoms with Gasteiger partial charge >= 0.3 is 5.97 Å². The zero-order valence-corrected chi connectivity index (χ0v) is 14.8. The van der Waals surface area contributed by atoms with Crippen LogP contribution >= 0.6 is 0 Å². The summed E-state index contributed by atoms with van der Waals surface area (Å²) in [4.78, 5) is 13.8. The van der Waals surface area contributed by atoms with Gasteiger partial charge in [-0.1, -0.05) is 42.0 Å². The van der Waals surface area contributed by atoms with E-state index in [0.29, 0.717) is 13.0 Å². The minimum Gasteiger partial charge on any atom is -0.494 e. The Morgan fingerprint density at radius 3 is 2.32 bits per heavy atom. The summed E-state index contributed by atoms with van der Waals surface area (Å²) in [6, 6.07) is 15.9. The van der Waals surface area contributed by atoms with Crippen LogP contribution in [0.3, 0.4) is 0 Å². The van der Waals surface area contributed by atoms with Crippen LogP contribution in [-0.4, -0.2) is 35.2 Å². The van der Waals surface area contributed by atoms with Crippen molar-refractivity contribution in [3.05, 3.63) is 65.2 Å². The monoisotopic (exact) mass is 339 g/mol. The summed E-state index contributed by atoms with van der Waals surface area (Å²) < 4.78 is 5.54. The van der Waals surface area contributed by atoms with E-state index in [4.69, 9.17) is 4.74 Å². The topological polar surface area (TPSA) is 49.8 Å². The van der Waals surface area contributed by atoms with Crippen LogP contribution in [0.1, 0.15) is 42.5 Å². The van der Waals surface area contributed by atoms with Gasteiger partial charge in [-0.05, 0) is 49.9 Å². The minimum atomic E-state index is -0.736. The predicted octanol–water partition coefficient (Wildman–Crippen LogP) is 4.03. The number of rotatable bonds is 6. The standard InChI is InChI=1S/C21H25NO3/c1-3-25-18-12-10-17(11-13-18)20(16-8-6-15(2)7-9-16)22-14-4-5-19(22)21(23)24/h6-13,19-20H,3-5,14H2,1-2H3,(H,23,24). The van der Waals surface area contributed by atoms with E-state index in [1.54, 1.807) is 0 Å². The number of aliphatic carboxylic acids is 1. The Balaban J connectivity index is 1.99. The highest BCUT2D eigenvalue weighted by molar-refractivity contribution is 5.74. The number of hydrogen-bond acceptors (Lipinski definition) is 3. The average molecular weight is 339 g/mol. The Kier molecular flexibility index (Phi) is 5.39. The van der Waals surface area contributed by atoms with Crippen LogP contribution in [0, 0.1) is 6.92 Å². The maximum Gasteiger partial charge on any atom is 0.320 e. The number of nitrogens with zero attached hydrogens (tertiary/aromatic N) is 1. The highest BCUT2D eigenvalue weighted by Gasteiger charge is 2.36. The van der Waals surface area contributed by atoms with Gasteiger partial charge in [0.15, 0.2) is 0 Å². The molecule has 0 saturated carbocycles. The lowest BCUT2D eigenvalue weighted by Gasteiger charge is -2.32. The van der Waals surface area contributed by atoms with E-state index in [2.05, 4.69) is 36.1 Å². The van der Waals surface area contributed by atoms with E-state index in [9.17, 15) is 9.90 Å². The first-order valence-electron chi connectivity index (χ1n) is 8.88. The number of benzene rings is 2. The van der Waals surface area contributed by atoms with Gasteiger partial charge in [-0.2, -0.15) is 0 Å². The van der Waals surface area contributed by atoms with Gasteiger partial charge in [0, 0.05) is 6.54 Å². The lowest BCUT2D eigenvalue weighted by atomic mass is 9.95. The molecule has 25 heavy (non-hydrogen) atoms. The second-order valence-corrected chi connectivity index (χ2v) is 6.55. The maximum atomic E-state index is 11.7. The molecule has 0 aliphatic carbocycles. The van der Waals surface area contributed by atoms with Crippen LogP contribution in [-0.2, 0) is 4.79 Å². The molecule has 1 N–H and O–H groups in total. The normalized spacial score (nSPS) is 18.9. The van der Waals surface area contributed by atoms with Crippen LogP contribution in [0.15, 0.2) is 48.5 Å². The third-order valence-corrected chi connectivity index (χ3v) is 4.81. The zero-order chi connectivity index (χ0) is 17.8. The summed E-state index contributed by atoms with van der Waals surface area (Å²) >= 11 is 0. The number of carboxylic acid groups (broad SMARTS) is 1. The molecule has 0 aromatic heterocycles. The molecule has 0 spiro atoms. The Hall–Kier alpha value is -2.33. The summed E-state index contributed by atoms with van der Waals surface area (Å²) in [5.74, 6) is 0.102. The molecule has 2 unspecified atom stereocenters. The molecule has 1 aliphatic heterocycles. The van der Waals surface area contributed by atoms with Crippen molar-refractivity contribution in [2.75, 3.05) is 13.2 Å². The molecule has 1 heterocycles. The Labute approximate surface area is 149 Å². The summed E-state index contributed by atoms with van der Waals surface area (Å²) in [5, 5.41) is 9.62. The molecule has 1 saturated heterocycles. The molecule has 4 nitrogen and oxygen atoms in total. The molecule has 1 fully saturated rings. The van der Waals surface area contributed by atoms with Crippen molar-refractivity contribution in [1.82, 2.24) is 4.90 Å². The van der Waals surface area contributed by atoms with E-state index in [1.807, 2.05) is 31.2 Å². The van der Waals surface area contributed by atoms with E-state index in [1.165, 1.54) is 5.56 Å². The summed E-state index contributed by atoms with van der Waals surface area (Å²) in [7, 11) is 0. The van der Waals surface area contributed by atoms with Gasteiger partial charge in [-0.25, -0.2) is 0 Å². The molecule has 4 heteroatoms. The van der Waals surface area contributed by atoms with Crippen molar-refractivity contribution in [1.29, 1.82) is 0 Å². The van der Waals surface area contributed by atoms with Crippen LogP contribution in [0.5, 0.6) is 5.75 Å². The van der Waals surface area contributed by atoms with Gasteiger partial charge in [-0.3, -0.25) is 9.69 Å². The average Bonchev–Trinajstić information content (AvgIpc) is 3.08. The van der Waals surface area contributed by atoms with Crippen LogP contribution in [0.25, 0.3) is 0 Å². The van der Waals surface area contributed by atoms with E-state index in [0.717, 1.165) is 29.8 Å². The molecule has 2 aromatic carbocycles. The first-order valence-corrected chi connectivity index (χ1v) is 8.88. The zero-order valence-electron chi connectivity index (χ0n) is 14.8. The third-order valence-electron chi connectivity index (χ3n) is 4.81. The van der Waals surface area contributed by atoms with Crippen LogP contribution in [0.2, 0.25) is 0 Å². The van der Waals surface area contributed by atoms with Crippen molar-refractivity contribution in [2.24, 2.45) is 0 Å². The second kappa shape index (κ2) is 7.70. The summed E-state index contributed by atoms with van der Waals surface area (Å²) in [6.07, 6.45) is 1.62. The molecular formula is C21H25NO3. The molecule has 2 aromatic rings. The van der Waals surface area contributed by atoms with Gasteiger partial charge in [0.25, 0.3) is 0 Å². The van der Waals surface area contributed by atoms with E-state index < -0.39 is 12.0 Å². The van der Waals surface area contributed by atoms with Gasteiger partial charge < -0.3 is 9.84 Å². The molecule has 3 rings (SSSR count). The third kappa shape index (κ3) is 3.85. The number of aryl methyl sites for hydroxylation is 1. The first kappa shape index (κ1) is 17.5. The van der Waals surface area contributed by atoms with E-state index in [-0.39, 0.29) is 6.04 Å². The van der Waals surface area contributed by atoms with Gasteiger partial charge in [0.05, 0.1) is 12.6 Å². The highest BCUT2D eigenvalue weighted by atomic mass is 16.5. The minimum absolute atomic E-state index is 0.0557. The smallest absolute Gasteiger partial charge is 0.320 e. The second-order valence-electron chi connectivity index (χ2n) is 6.55. The lowest BCUT2D eigenvalue weighted by Crippen LogP contribution is -2.39. The lowest BCUT2D eigenvalue weighted by molar-refractivity contribution is -0.142. The molecular weight excluding hydrogens is 314 g/mol. The number of carbonyl (C=O) groups is 1. The number of hydrogen-bond donors (Lipinski definition) is 1. The fourth-order valence-electron chi connectivity index (χ4n) is 3.60. The highest BCUT2D eigenvalue weighted by Crippen LogP contribution is 2.35. The SMILES string of the molecule is CCOc1ccc(C(c2ccc(C)cc2)N2CCCC2C(=O)O)cc1. The van der Waals surface area contributed by atoms with Crippen LogP contribution < -0.4 is 4.74 Å². The van der Waals surface area contributed by atoms with Crippen molar-refractivity contribution < 1.29 is 14.6 Å². The fraction of sp³-hybridized carbons (Fsp3) is 0.381. The first-order chi connectivity index (χ1) is 12.1. The van der Waals surface area contributed by atoms with Gasteiger partial charge in [0.1, 0.15) is 11.8 Å². The van der Waals surface area contributed by atoms with Crippen molar-refractivity contribution in [3.63, 3.8) is 0 Å². The quantitative estimate of drug-likeness (QED) is 0.863. The van der Waals surface area contributed by atoms with Crippen LogP contribution in [0.4, 0.5) is 0 Å².